The van der Waals surface area contributed by atoms with E-state index >= 15 is 0 Å². The third kappa shape index (κ3) is 3.28. The topological polar surface area (TPSA) is 54.0 Å². The van der Waals surface area contributed by atoms with E-state index in [1.54, 1.807) is 0 Å². The summed E-state index contributed by atoms with van der Waals surface area (Å²) in [5.41, 5.74) is 0. The van der Waals surface area contributed by atoms with Gasteiger partial charge in [0.25, 0.3) is 0 Å². The van der Waals surface area contributed by atoms with Crippen molar-refractivity contribution in [1.82, 2.24) is 0 Å². The summed E-state index contributed by atoms with van der Waals surface area (Å²) in [5.74, 6) is 0. The summed E-state index contributed by atoms with van der Waals surface area (Å²) in [6.07, 6.45) is -3.27. The van der Waals surface area contributed by atoms with Gasteiger partial charge in [-0.1, -0.05) is 0 Å². The standard InChI is InChI=1S/C8H15BFO5P/c1-12-4-5-7(6(10)8(9)14-5)15-16(3,11)13-2/h5-8H,4H2,1-3H3/t5?,6-,7?,8?,16-/m0/s1. The largest absolute Gasteiger partial charge is 0.382 e. The molecule has 0 aromatic rings. The monoisotopic (exact) mass is 252 g/mol. The van der Waals surface area contributed by atoms with Gasteiger partial charge in [-0.25, -0.2) is 4.39 Å². The van der Waals surface area contributed by atoms with Gasteiger partial charge in [-0.05, 0) is 0 Å². The number of hydrogen-bond donors (Lipinski definition) is 0. The van der Waals surface area contributed by atoms with Crippen LogP contribution in [0, 0.1) is 0 Å². The van der Waals surface area contributed by atoms with Crippen LogP contribution in [0.3, 0.4) is 0 Å². The van der Waals surface area contributed by atoms with Crippen LogP contribution in [-0.4, -0.2) is 59.7 Å². The molecular formula is C8H15BFO5P. The molecule has 0 amide bonds. The van der Waals surface area contributed by atoms with Crippen LogP contribution in [0.1, 0.15) is 0 Å². The first-order valence-electron chi connectivity index (χ1n) is 4.77. The van der Waals surface area contributed by atoms with Crippen LogP contribution in [0.2, 0.25) is 0 Å². The molecule has 0 aliphatic carbocycles. The lowest BCUT2D eigenvalue weighted by Crippen LogP contribution is -2.34. The Hall–Kier alpha value is 0.0649. The first-order chi connectivity index (χ1) is 7.41. The fourth-order valence-electron chi connectivity index (χ4n) is 1.43. The number of rotatable bonds is 5. The second kappa shape index (κ2) is 5.60. The smallest absolute Gasteiger partial charge is 0.327 e. The molecule has 0 spiro atoms. The molecule has 1 saturated heterocycles. The summed E-state index contributed by atoms with van der Waals surface area (Å²) in [4.78, 5) is 0. The van der Waals surface area contributed by atoms with Crippen molar-refractivity contribution in [3.63, 3.8) is 0 Å². The molecule has 5 nitrogen and oxygen atoms in total. The average molecular weight is 252 g/mol. The Morgan fingerprint density at radius 1 is 1.50 bits per heavy atom. The zero-order valence-corrected chi connectivity index (χ0v) is 10.4. The number of ether oxygens (including phenoxy) is 2. The third-order valence-corrected chi connectivity index (χ3v) is 3.59. The highest BCUT2D eigenvalue weighted by molar-refractivity contribution is 7.52. The normalized spacial score (nSPS) is 38.5. The Morgan fingerprint density at radius 3 is 2.62 bits per heavy atom. The Morgan fingerprint density at radius 2 is 2.12 bits per heavy atom. The highest BCUT2D eigenvalue weighted by Crippen LogP contribution is 2.47. The first kappa shape index (κ1) is 14.1. The average Bonchev–Trinajstić information content (AvgIpc) is 2.47. The van der Waals surface area contributed by atoms with E-state index < -0.39 is 32.0 Å². The van der Waals surface area contributed by atoms with Crippen LogP contribution >= 0.6 is 7.60 Å². The van der Waals surface area contributed by atoms with Crippen molar-refractivity contribution < 1.29 is 27.5 Å². The maximum Gasteiger partial charge on any atom is 0.327 e. The van der Waals surface area contributed by atoms with Gasteiger partial charge >= 0.3 is 7.60 Å². The van der Waals surface area contributed by atoms with Crippen LogP contribution in [0.4, 0.5) is 4.39 Å². The van der Waals surface area contributed by atoms with Crippen molar-refractivity contribution >= 4 is 15.4 Å². The van der Waals surface area contributed by atoms with Crippen LogP contribution < -0.4 is 0 Å². The van der Waals surface area contributed by atoms with Crippen molar-refractivity contribution in [3.05, 3.63) is 0 Å². The molecule has 0 bridgehead atoms. The highest BCUT2D eigenvalue weighted by atomic mass is 31.2. The summed E-state index contributed by atoms with van der Waals surface area (Å²) >= 11 is 0. The van der Waals surface area contributed by atoms with Crippen molar-refractivity contribution in [3.8, 4) is 0 Å². The molecule has 1 aliphatic rings. The van der Waals surface area contributed by atoms with Crippen LogP contribution in [0.15, 0.2) is 0 Å². The minimum atomic E-state index is -3.28. The van der Waals surface area contributed by atoms with E-state index in [1.165, 1.54) is 20.9 Å². The van der Waals surface area contributed by atoms with Gasteiger partial charge < -0.3 is 14.0 Å². The summed E-state index contributed by atoms with van der Waals surface area (Å²) < 4.78 is 44.9. The molecule has 0 aromatic heterocycles. The minimum absolute atomic E-state index is 0.114. The van der Waals surface area contributed by atoms with E-state index in [4.69, 9.17) is 21.8 Å². The van der Waals surface area contributed by atoms with Gasteiger partial charge in [0.15, 0.2) is 0 Å². The molecule has 2 radical (unpaired) electrons. The van der Waals surface area contributed by atoms with Crippen molar-refractivity contribution in [2.45, 2.75) is 24.4 Å². The zero-order chi connectivity index (χ0) is 12.3. The molecule has 92 valence electrons. The molecule has 5 atom stereocenters. The van der Waals surface area contributed by atoms with Gasteiger partial charge in [0.05, 0.1) is 12.6 Å². The molecule has 1 fully saturated rings. The van der Waals surface area contributed by atoms with Crippen LogP contribution in [-0.2, 0) is 23.1 Å². The molecule has 1 heterocycles. The lowest BCUT2D eigenvalue weighted by Gasteiger charge is -2.22. The van der Waals surface area contributed by atoms with E-state index in [0.29, 0.717) is 0 Å². The first-order valence-corrected chi connectivity index (χ1v) is 6.76. The minimum Gasteiger partial charge on any atom is -0.382 e. The summed E-state index contributed by atoms with van der Waals surface area (Å²) in [5, 5.41) is 0. The van der Waals surface area contributed by atoms with Crippen molar-refractivity contribution in [1.29, 1.82) is 0 Å². The summed E-state index contributed by atoms with van der Waals surface area (Å²) in [7, 11) is 4.78. The molecule has 0 N–H and O–H groups in total. The summed E-state index contributed by atoms with van der Waals surface area (Å²) in [6.45, 7) is 1.37. The van der Waals surface area contributed by atoms with Crippen LogP contribution in [0.25, 0.3) is 0 Å². The molecule has 3 unspecified atom stereocenters. The predicted molar refractivity (Wildman–Crippen MR) is 56.6 cm³/mol. The number of halogens is 1. The van der Waals surface area contributed by atoms with E-state index in [2.05, 4.69) is 4.52 Å². The Kier molecular flexibility index (Phi) is 4.95. The second-order valence-electron chi connectivity index (χ2n) is 3.56. The molecule has 0 saturated carbocycles. The van der Waals surface area contributed by atoms with Gasteiger partial charge in [-0.15, -0.1) is 0 Å². The lowest BCUT2D eigenvalue weighted by atomic mass is 9.94. The predicted octanol–water partition coefficient (Wildman–Crippen LogP) is 0.719. The maximum atomic E-state index is 13.6. The van der Waals surface area contributed by atoms with Gasteiger partial charge in [-0.3, -0.25) is 9.09 Å². The quantitative estimate of drug-likeness (QED) is 0.533. The van der Waals surface area contributed by atoms with Gasteiger partial charge in [0.1, 0.15) is 26.2 Å². The number of methoxy groups -OCH3 is 1. The van der Waals surface area contributed by atoms with E-state index in [-0.39, 0.29) is 6.61 Å². The molecule has 16 heavy (non-hydrogen) atoms. The van der Waals surface area contributed by atoms with E-state index in [0.717, 1.165) is 0 Å². The van der Waals surface area contributed by atoms with Gasteiger partial charge in [0.2, 0.25) is 0 Å². The van der Waals surface area contributed by atoms with E-state index in [1.807, 2.05) is 0 Å². The van der Waals surface area contributed by atoms with Crippen LogP contribution in [0.5, 0.6) is 0 Å². The van der Waals surface area contributed by atoms with Crippen molar-refractivity contribution in [2.24, 2.45) is 0 Å². The number of hydrogen-bond acceptors (Lipinski definition) is 5. The fraction of sp³-hybridized carbons (Fsp3) is 1.00. The zero-order valence-electron chi connectivity index (χ0n) is 9.46. The molecular weight excluding hydrogens is 237 g/mol. The summed E-state index contributed by atoms with van der Waals surface area (Å²) in [6, 6.07) is -1.10. The molecule has 1 rings (SSSR count). The van der Waals surface area contributed by atoms with Gasteiger partial charge in [0, 0.05) is 20.9 Å². The molecule has 1 aliphatic heterocycles. The SMILES string of the molecule is [B]C1OC(COC)C(O[P@@](C)(=O)OC)[C@@H]1F. The second-order valence-corrected chi connectivity index (χ2v) is 5.68. The fourth-order valence-corrected chi connectivity index (χ4v) is 2.22. The maximum absolute atomic E-state index is 13.6. The van der Waals surface area contributed by atoms with Crippen molar-refractivity contribution in [2.75, 3.05) is 27.5 Å². The number of alkyl halides is 1. The third-order valence-electron chi connectivity index (χ3n) is 2.30. The molecule has 8 heteroatoms. The Balaban J connectivity index is 2.70. The van der Waals surface area contributed by atoms with Gasteiger partial charge in [-0.2, -0.15) is 0 Å². The lowest BCUT2D eigenvalue weighted by molar-refractivity contribution is -0.0139. The Labute approximate surface area is 95.5 Å². The van der Waals surface area contributed by atoms with E-state index in [9.17, 15) is 8.96 Å². The molecule has 0 aromatic carbocycles. The highest BCUT2D eigenvalue weighted by Gasteiger charge is 2.45. The Bertz CT molecular complexity index is 279.